The van der Waals surface area contributed by atoms with Crippen LogP contribution >= 0.6 is 0 Å². The summed E-state index contributed by atoms with van der Waals surface area (Å²) in [6.07, 6.45) is -31.0. The molecule has 0 aromatic carbocycles. The molecule has 0 bridgehead atoms. The lowest BCUT2D eigenvalue weighted by atomic mass is 9.98. The molecular formula is C12H23O37S9-. The first-order chi connectivity index (χ1) is 25.5. The Hall–Kier alpha value is -1.05. The van der Waals surface area contributed by atoms with Crippen LogP contribution in [0.3, 0.4) is 0 Å². The van der Waals surface area contributed by atoms with E-state index >= 15 is 0 Å². The maximum absolute atomic E-state index is 11.9. The van der Waals surface area contributed by atoms with Crippen LogP contribution < -0.4 is 0 Å². The molecule has 0 radical (unpaired) electrons. The average Bonchev–Trinajstić information content (AvgIpc) is 2.92. The van der Waals surface area contributed by atoms with Gasteiger partial charge in [-0.15, -0.1) is 0 Å². The second kappa shape index (κ2) is 20.4. The lowest BCUT2D eigenvalue weighted by Crippen LogP contribution is -2.65. The molecule has 37 nitrogen and oxygen atoms in total. The van der Waals surface area contributed by atoms with E-state index in [4.69, 9.17) is 23.1 Å². The van der Waals surface area contributed by atoms with Crippen molar-refractivity contribution in [2.45, 2.75) is 55.1 Å². The van der Waals surface area contributed by atoms with Crippen LogP contribution in [0, 0.1) is 0 Å². The van der Waals surface area contributed by atoms with Gasteiger partial charge in [0.1, 0.15) is 42.7 Å². The quantitative estimate of drug-likeness (QED) is 0.0295. The third-order valence-electron chi connectivity index (χ3n) is 5.46. The lowest BCUT2D eigenvalue weighted by molar-refractivity contribution is -0.313. The van der Waals surface area contributed by atoms with Crippen molar-refractivity contribution < 1.29 is 160 Å². The zero-order valence-electron chi connectivity index (χ0n) is 26.4. The van der Waals surface area contributed by atoms with E-state index in [-0.39, 0.29) is 0 Å². The van der Waals surface area contributed by atoms with Crippen LogP contribution in [0.5, 0.6) is 0 Å². The van der Waals surface area contributed by atoms with Gasteiger partial charge in [-0.1, -0.05) is 0 Å². The Morgan fingerprint density at radius 1 is 0.500 bits per heavy atom. The van der Waals surface area contributed by atoms with Crippen LogP contribution in [-0.2, 0) is 142 Å². The fourth-order valence-corrected chi connectivity index (χ4v) is 7.73. The Morgan fingerprint density at radius 3 is 1.22 bits per heavy atom. The van der Waals surface area contributed by atoms with Crippen LogP contribution in [0.4, 0.5) is 0 Å². The van der Waals surface area contributed by atoms with Crippen molar-refractivity contribution in [2.75, 3.05) is 19.8 Å². The van der Waals surface area contributed by atoms with Crippen molar-refractivity contribution in [3.63, 3.8) is 0 Å². The van der Waals surface area contributed by atoms with Gasteiger partial charge < -0.3 is 14.0 Å². The molecule has 1 aliphatic heterocycles. The average molecular weight is 1050 g/mol. The monoisotopic (exact) mass is 1050 g/mol. The van der Waals surface area contributed by atoms with E-state index in [0.717, 1.165) is 0 Å². The molecule has 46 heteroatoms. The van der Waals surface area contributed by atoms with E-state index in [1.54, 1.807) is 0 Å². The largest absolute Gasteiger partial charge is 0.750 e. The predicted octanol–water partition coefficient (Wildman–Crippen LogP) is -7.33. The van der Waals surface area contributed by atoms with Crippen LogP contribution in [0.1, 0.15) is 0 Å². The summed E-state index contributed by atoms with van der Waals surface area (Å²) in [5.41, 5.74) is 0. The molecule has 0 spiro atoms. The second-order valence-electron chi connectivity index (χ2n) is 9.64. The molecule has 0 aromatic rings. The number of rotatable bonds is 26. The highest BCUT2D eigenvalue weighted by Gasteiger charge is 2.56. The van der Waals surface area contributed by atoms with Gasteiger partial charge >= 0.3 is 83.2 Å². The van der Waals surface area contributed by atoms with Gasteiger partial charge in [0.05, 0.1) is 31.2 Å². The summed E-state index contributed by atoms with van der Waals surface area (Å²) in [6, 6.07) is 0. The van der Waals surface area contributed by atoms with Crippen molar-refractivity contribution in [3.05, 3.63) is 0 Å². The van der Waals surface area contributed by atoms with Crippen molar-refractivity contribution >= 4 is 94.6 Å². The minimum Gasteiger partial charge on any atom is -0.750 e. The van der Waals surface area contributed by atoms with Crippen LogP contribution in [0.2, 0.25) is 0 Å². The summed E-state index contributed by atoms with van der Waals surface area (Å²) in [7, 11) is -49.2. The number of hydrogen-bond acceptors (Lipinski definition) is 29. The minimum atomic E-state index is -6.45. The molecule has 58 heavy (non-hydrogen) atoms. The van der Waals surface area contributed by atoms with Crippen molar-refractivity contribution in [2.24, 2.45) is 0 Å². The molecule has 1 rings (SSSR count). The normalized spacial score (nSPS) is 24.7. The lowest BCUT2D eigenvalue weighted by Gasteiger charge is -2.45. The van der Waals surface area contributed by atoms with E-state index in [0.29, 0.717) is 0 Å². The summed E-state index contributed by atoms with van der Waals surface area (Å²) in [4.78, 5) is 0. The first-order valence-electron chi connectivity index (χ1n) is 12.7. The Kier molecular flexibility index (Phi) is 19.4. The third kappa shape index (κ3) is 23.8. The SMILES string of the molecule is O=S([O-])O[C@H]1[C@H](OS(=O)(=O)O)[C@@H](OS(=O)(=O)O)[C@@H](O[C@@H]([C@H](OS(=O)(=O)O)[C@H](COS(=O)(=O)O)OS(=O)(=O)O)[C@@H](COS(=O)(=O)O)OS(=O)(=O)O)O[C@@H]1COS(=O)(=O)O. The Labute approximate surface area is 327 Å². The Bertz CT molecular complexity index is 2330. The highest BCUT2D eigenvalue weighted by Crippen LogP contribution is 2.34. The van der Waals surface area contributed by atoms with Gasteiger partial charge in [-0.25, -0.2) is 37.7 Å². The molecule has 348 valence electrons. The van der Waals surface area contributed by atoms with Gasteiger partial charge in [0.2, 0.25) is 0 Å². The Morgan fingerprint density at radius 2 is 0.879 bits per heavy atom. The molecule has 1 heterocycles. The predicted molar refractivity (Wildman–Crippen MR) is 162 cm³/mol. The molecule has 1 fully saturated rings. The topological polar surface area (TPSA) is 577 Å². The second-order valence-corrected chi connectivity index (χ2v) is 18.7. The first kappa shape index (κ1) is 55.0. The fourth-order valence-electron chi connectivity index (χ4n) is 3.95. The molecule has 0 saturated carbocycles. The van der Waals surface area contributed by atoms with Crippen molar-refractivity contribution in [1.29, 1.82) is 0 Å². The van der Waals surface area contributed by atoms with Gasteiger partial charge in [0.25, 0.3) is 0 Å². The molecule has 8 N–H and O–H groups in total. The van der Waals surface area contributed by atoms with E-state index in [2.05, 4.69) is 37.6 Å². The van der Waals surface area contributed by atoms with Crippen molar-refractivity contribution in [1.82, 2.24) is 0 Å². The summed E-state index contributed by atoms with van der Waals surface area (Å²) in [5, 5.41) is 0. The zero-order chi connectivity index (χ0) is 45.7. The third-order valence-corrected chi connectivity index (χ3v) is 9.52. The van der Waals surface area contributed by atoms with E-state index in [9.17, 15) is 98.9 Å². The van der Waals surface area contributed by atoms with Crippen LogP contribution in [0.25, 0.3) is 0 Å². The molecule has 1 unspecified atom stereocenters. The molecular weight excluding hydrogens is 1020 g/mol. The van der Waals surface area contributed by atoms with Gasteiger partial charge in [-0.2, -0.15) is 67.3 Å². The fraction of sp³-hybridized carbons (Fsp3) is 1.00. The Balaban J connectivity index is 4.52. The smallest absolute Gasteiger partial charge is 0.397 e. The zero-order valence-corrected chi connectivity index (χ0v) is 33.8. The maximum atomic E-state index is 11.9. The van der Waals surface area contributed by atoms with E-state index in [1.165, 1.54) is 0 Å². The summed E-state index contributed by atoms with van der Waals surface area (Å²) >= 11 is -4.06. The van der Waals surface area contributed by atoms with Gasteiger partial charge in [-0.3, -0.25) is 40.6 Å². The number of hydrogen-bond donors (Lipinski definition) is 8. The molecule has 0 aliphatic carbocycles. The highest BCUT2D eigenvalue weighted by atomic mass is 32.3. The molecule has 1 aliphatic rings. The van der Waals surface area contributed by atoms with Gasteiger partial charge in [0.15, 0.2) is 12.4 Å². The van der Waals surface area contributed by atoms with E-state index < -0.39 is 169 Å². The standard InChI is InChI=1S/C12H24O37S9/c13-50(14)44-8-4(1-39-51(15,16)17)42-12(11(49-58(36,37)38)10(8)48-57(33,34)35)43-7(5(45-54(24,25)26)2-40-52(18,19)20)9(47-56(30,31)32)6(46-55(27,28)29)3-41-53(21,22)23/h4-12H,1-3H2,(H,13,14)(H,15,16,17)(H,18,19,20)(H,21,22,23)(H,24,25,26)(H,27,28,29)(H,30,31,32)(H,33,34,35)(H,36,37,38)/p-1/t4-,5-,6+,7-,8-,9-,10+,11-,12-/m1/s1. The first-order valence-corrected chi connectivity index (χ1v) is 24.7. The summed E-state index contributed by atoms with van der Waals surface area (Å²) in [6.45, 7) is -6.63. The van der Waals surface area contributed by atoms with Crippen LogP contribution in [-0.4, -0.2) is 187 Å². The molecule has 0 amide bonds. The molecule has 0 aromatic heterocycles. The molecule has 1 saturated heterocycles. The maximum Gasteiger partial charge on any atom is 0.397 e. The van der Waals surface area contributed by atoms with E-state index in [1.807, 2.05) is 0 Å². The van der Waals surface area contributed by atoms with Crippen molar-refractivity contribution in [3.8, 4) is 0 Å². The minimum absolute atomic E-state index is 1.96. The number of ether oxygens (including phenoxy) is 2. The highest BCUT2D eigenvalue weighted by molar-refractivity contribution is 7.82. The molecule has 10 atom stereocenters. The van der Waals surface area contributed by atoms with Gasteiger partial charge in [0, 0.05) is 0 Å². The van der Waals surface area contributed by atoms with Crippen LogP contribution in [0.15, 0.2) is 0 Å². The summed E-state index contributed by atoms with van der Waals surface area (Å²) < 4.78 is 328. The van der Waals surface area contributed by atoms with Gasteiger partial charge in [-0.05, 0) is 0 Å². The summed E-state index contributed by atoms with van der Waals surface area (Å²) in [5.74, 6) is 0.